The average molecular weight is 529 g/mol. The van der Waals surface area contributed by atoms with Crippen LogP contribution < -0.4 is 10.2 Å². The second kappa shape index (κ2) is 9.36. The SMILES string of the molecule is CC(C)(C)OC(=O)N1CCC2(CC1)CCN(c1cc3c(cc1F)C(=O)N(C1CCC(=O)NC1=O)C3=O)CC2. The van der Waals surface area contributed by atoms with E-state index in [1.54, 1.807) is 4.90 Å². The molecule has 0 saturated carbocycles. The molecular weight excluding hydrogens is 495 g/mol. The molecule has 1 unspecified atom stereocenters. The Bertz CT molecular complexity index is 1210. The fraction of sp³-hybridized carbons (Fsp3) is 0.593. The van der Waals surface area contributed by atoms with E-state index in [0.717, 1.165) is 36.6 Å². The maximum absolute atomic E-state index is 15.2. The number of hydrogen-bond donors (Lipinski definition) is 1. The van der Waals surface area contributed by atoms with E-state index in [2.05, 4.69) is 5.32 Å². The molecule has 0 radical (unpaired) electrons. The highest BCUT2D eigenvalue weighted by Crippen LogP contribution is 2.43. The third-order valence-electron chi connectivity index (χ3n) is 8.15. The van der Waals surface area contributed by atoms with E-state index in [-0.39, 0.29) is 41.2 Å². The maximum atomic E-state index is 15.2. The molecule has 0 aromatic heterocycles. The lowest BCUT2D eigenvalue weighted by atomic mass is 9.71. The smallest absolute Gasteiger partial charge is 0.410 e. The van der Waals surface area contributed by atoms with Crippen LogP contribution in [0.4, 0.5) is 14.9 Å². The normalized spacial score (nSPS) is 23.6. The second-order valence-corrected chi connectivity index (χ2v) is 11.8. The van der Waals surface area contributed by atoms with Gasteiger partial charge in [-0.05, 0) is 70.4 Å². The Hall–Kier alpha value is -3.50. The van der Waals surface area contributed by atoms with Gasteiger partial charge in [-0.25, -0.2) is 9.18 Å². The quantitative estimate of drug-likeness (QED) is 0.587. The van der Waals surface area contributed by atoms with Crippen molar-refractivity contribution in [2.24, 2.45) is 5.41 Å². The van der Waals surface area contributed by atoms with Crippen molar-refractivity contribution in [3.05, 3.63) is 29.1 Å². The van der Waals surface area contributed by atoms with Gasteiger partial charge in [-0.1, -0.05) is 0 Å². The van der Waals surface area contributed by atoms with Gasteiger partial charge in [-0.3, -0.25) is 29.4 Å². The number of amides is 5. The molecule has 4 aliphatic heterocycles. The predicted molar refractivity (Wildman–Crippen MR) is 134 cm³/mol. The maximum Gasteiger partial charge on any atom is 0.410 e. The molecule has 4 heterocycles. The van der Waals surface area contributed by atoms with Gasteiger partial charge in [0.2, 0.25) is 11.8 Å². The number of benzene rings is 1. The number of ether oxygens (including phenoxy) is 1. The van der Waals surface area contributed by atoms with Crippen molar-refractivity contribution in [3.63, 3.8) is 0 Å². The van der Waals surface area contributed by atoms with Crippen LogP contribution in [0.3, 0.4) is 0 Å². The van der Waals surface area contributed by atoms with E-state index in [4.69, 9.17) is 4.74 Å². The number of carbonyl (C=O) groups excluding carboxylic acids is 5. The predicted octanol–water partition coefficient (Wildman–Crippen LogP) is 2.84. The Morgan fingerprint density at radius 2 is 1.55 bits per heavy atom. The van der Waals surface area contributed by atoms with Crippen LogP contribution in [0.5, 0.6) is 0 Å². The fourth-order valence-corrected chi connectivity index (χ4v) is 5.93. The van der Waals surface area contributed by atoms with Crippen LogP contribution >= 0.6 is 0 Å². The van der Waals surface area contributed by atoms with Crippen molar-refractivity contribution in [1.82, 2.24) is 15.1 Å². The highest BCUT2D eigenvalue weighted by atomic mass is 19.1. The Balaban J connectivity index is 1.25. The van der Waals surface area contributed by atoms with E-state index < -0.39 is 41.1 Å². The molecule has 1 aromatic carbocycles. The number of halogens is 1. The second-order valence-electron chi connectivity index (χ2n) is 11.8. The molecule has 38 heavy (non-hydrogen) atoms. The molecule has 1 atom stereocenters. The summed E-state index contributed by atoms with van der Waals surface area (Å²) in [4.78, 5) is 66.8. The van der Waals surface area contributed by atoms with Gasteiger partial charge in [-0.15, -0.1) is 0 Å². The fourth-order valence-electron chi connectivity index (χ4n) is 5.93. The number of piperidine rings is 3. The van der Waals surface area contributed by atoms with E-state index in [9.17, 15) is 24.0 Å². The van der Waals surface area contributed by atoms with Crippen molar-refractivity contribution in [1.29, 1.82) is 0 Å². The van der Waals surface area contributed by atoms with Crippen LogP contribution in [0.15, 0.2) is 12.1 Å². The first-order valence-electron chi connectivity index (χ1n) is 13.2. The zero-order valence-electron chi connectivity index (χ0n) is 22.0. The lowest BCUT2D eigenvalue weighted by Gasteiger charge is -2.47. The summed E-state index contributed by atoms with van der Waals surface area (Å²) in [6.45, 7) is 7.95. The van der Waals surface area contributed by atoms with Gasteiger partial charge >= 0.3 is 6.09 Å². The number of imide groups is 2. The van der Waals surface area contributed by atoms with Crippen LogP contribution in [0, 0.1) is 11.2 Å². The van der Waals surface area contributed by atoms with Crippen LogP contribution in [0.1, 0.15) is 80.0 Å². The molecule has 1 spiro atoms. The van der Waals surface area contributed by atoms with Crippen molar-refractivity contribution in [2.75, 3.05) is 31.1 Å². The molecule has 5 rings (SSSR count). The third-order valence-corrected chi connectivity index (χ3v) is 8.15. The molecule has 11 heteroatoms. The van der Waals surface area contributed by atoms with Crippen LogP contribution in [-0.4, -0.2) is 77.3 Å². The lowest BCUT2D eigenvalue weighted by molar-refractivity contribution is -0.136. The van der Waals surface area contributed by atoms with Gasteiger partial charge in [0.05, 0.1) is 16.8 Å². The number of nitrogens with one attached hydrogen (secondary N) is 1. The van der Waals surface area contributed by atoms with Crippen molar-refractivity contribution in [2.45, 2.75) is 70.9 Å². The highest BCUT2D eigenvalue weighted by Gasteiger charge is 2.46. The van der Waals surface area contributed by atoms with E-state index in [0.29, 0.717) is 26.2 Å². The minimum Gasteiger partial charge on any atom is -0.444 e. The summed E-state index contributed by atoms with van der Waals surface area (Å²) in [5.74, 6) is -3.11. The molecule has 10 nitrogen and oxygen atoms in total. The topological polar surface area (TPSA) is 116 Å². The first-order valence-corrected chi connectivity index (χ1v) is 13.2. The minimum absolute atomic E-state index is 0.0223. The summed E-state index contributed by atoms with van der Waals surface area (Å²) in [6, 6.07) is 1.41. The van der Waals surface area contributed by atoms with Crippen molar-refractivity contribution >= 4 is 35.4 Å². The molecule has 3 saturated heterocycles. The summed E-state index contributed by atoms with van der Waals surface area (Å²) in [6.07, 6.45) is 3.11. The molecule has 1 aromatic rings. The summed E-state index contributed by atoms with van der Waals surface area (Å²) < 4.78 is 20.7. The van der Waals surface area contributed by atoms with Crippen LogP contribution in [0.25, 0.3) is 0 Å². The number of anilines is 1. The Kier molecular flexibility index (Phi) is 6.43. The minimum atomic E-state index is -1.09. The van der Waals surface area contributed by atoms with Gasteiger partial charge in [0.15, 0.2) is 0 Å². The van der Waals surface area contributed by atoms with E-state index in [1.807, 2.05) is 25.7 Å². The number of fused-ring (bicyclic) bond motifs is 1. The van der Waals surface area contributed by atoms with Crippen molar-refractivity contribution in [3.8, 4) is 0 Å². The summed E-state index contributed by atoms with van der Waals surface area (Å²) >= 11 is 0. The number of hydrogen-bond acceptors (Lipinski definition) is 7. The number of nitrogens with zero attached hydrogens (tertiary/aromatic N) is 3. The van der Waals surface area contributed by atoms with Gasteiger partial charge in [-0.2, -0.15) is 0 Å². The molecule has 204 valence electrons. The molecule has 5 amide bonds. The zero-order chi connectivity index (χ0) is 27.4. The largest absolute Gasteiger partial charge is 0.444 e. The first-order chi connectivity index (χ1) is 17.9. The molecule has 0 aliphatic carbocycles. The van der Waals surface area contributed by atoms with Gasteiger partial charge in [0.25, 0.3) is 11.8 Å². The van der Waals surface area contributed by atoms with Gasteiger partial charge in [0.1, 0.15) is 17.5 Å². The van der Waals surface area contributed by atoms with Gasteiger partial charge in [0, 0.05) is 32.6 Å². The first kappa shape index (κ1) is 26.1. The Labute approximate surface area is 220 Å². The average Bonchev–Trinajstić information content (AvgIpc) is 3.08. The van der Waals surface area contributed by atoms with Gasteiger partial charge < -0.3 is 14.5 Å². The summed E-state index contributed by atoms with van der Waals surface area (Å²) in [5, 5.41) is 2.16. The van der Waals surface area contributed by atoms with E-state index in [1.165, 1.54) is 6.07 Å². The summed E-state index contributed by atoms with van der Waals surface area (Å²) in [5.41, 5.74) is -0.207. The number of carbonyl (C=O) groups is 5. The van der Waals surface area contributed by atoms with Crippen LogP contribution in [0.2, 0.25) is 0 Å². The standard InChI is InChI=1S/C27H33FN4O6/c1-26(2,3)38-25(37)31-12-8-27(9-13-31)6-10-30(11-7-27)20-15-17-16(14-18(20)28)23(35)32(24(17)36)19-4-5-21(33)29-22(19)34/h14-15,19H,4-13H2,1-3H3,(H,29,33,34). The summed E-state index contributed by atoms with van der Waals surface area (Å²) in [7, 11) is 0. The number of rotatable bonds is 2. The molecular formula is C27H33FN4O6. The molecule has 1 N–H and O–H groups in total. The molecule has 3 fully saturated rings. The van der Waals surface area contributed by atoms with E-state index >= 15 is 4.39 Å². The molecule has 0 bridgehead atoms. The van der Waals surface area contributed by atoms with Crippen LogP contribution in [-0.2, 0) is 14.3 Å². The lowest BCUT2D eigenvalue weighted by Crippen LogP contribution is -2.54. The van der Waals surface area contributed by atoms with Crippen molar-refractivity contribution < 1.29 is 33.1 Å². The Morgan fingerprint density at radius 3 is 2.13 bits per heavy atom. The highest BCUT2D eigenvalue weighted by molar-refractivity contribution is 6.23. The zero-order valence-corrected chi connectivity index (χ0v) is 22.0. The third kappa shape index (κ3) is 4.74. The number of likely N-dealkylation sites (tertiary alicyclic amines) is 1. The Morgan fingerprint density at radius 1 is 0.974 bits per heavy atom. The molecule has 4 aliphatic rings. The monoisotopic (exact) mass is 528 g/mol.